The summed E-state index contributed by atoms with van der Waals surface area (Å²) in [5.41, 5.74) is 4.66. The summed E-state index contributed by atoms with van der Waals surface area (Å²) in [5, 5.41) is 9.88. The molecule has 4 rings (SSSR count). The van der Waals surface area contributed by atoms with Gasteiger partial charge in [0.05, 0.1) is 18.4 Å². The summed E-state index contributed by atoms with van der Waals surface area (Å²) in [4.78, 5) is 0. The van der Waals surface area contributed by atoms with Crippen LogP contribution in [0.2, 0.25) is 0 Å². The molecule has 1 aliphatic heterocycles. The van der Waals surface area contributed by atoms with Crippen LogP contribution >= 0.6 is 11.8 Å². The van der Waals surface area contributed by atoms with Crippen molar-refractivity contribution < 1.29 is 9.47 Å². The zero-order chi connectivity index (χ0) is 18.6. The number of rotatable bonds is 5. The molecular formula is C21H23N3O2S. The van der Waals surface area contributed by atoms with Crippen molar-refractivity contribution in [3.63, 3.8) is 0 Å². The molecule has 0 spiro atoms. The van der Waals surface area contributed by atoms with Crippen LogP contribution < -0.4 is 0 Å². The first-order valence-electron chi connectivity index (χ1n) is 9.13. The summed E-state index contributed by atoms with van der Waals surface area (Å²) in [6.45, 7) is 5.39. The maximum Gasteiger partial charge on any atom is 0.196 e. The molecule has 5 nitrogen and oxygen atoms in total. The van der Waals surface area contributed by atoms with E-state index in [0.29, 0.717) is 6.79 Å². The first kappa shape index (κ1) is 18.2. The molecule has 1 saturated heterocycles. The van der Waals surface area contributed by atoms with Crippen LogP contribution in [0.5, 0.6) is 0 Å². The maximum atomic E-state index is 5.67. The van der Waals surface area contributed by atoms with Crippen LogP contribution in [0.4, 0.5) is 0 Å². The van der Waals surface area contributed by atoms with E-state index in [4.69, 9.17) is 9.47 Å². The topological polar surface area (TPSA) is 49.2 Å². The van der Waals surface area contributed by atoms with Crippen LogP contribution in [-0.4, -0.2) is 40.0 Å². The highest BCUT2D eigenvalue weighted by atomic mass is 32.2. The van der Waals surface area contributed by atoms with Gasteiger partial charge < -0.3 is 9.47 Å². The van der Waals surface area contributed by atoms with Crippen molar-refractivity contribution in [3.8, 4) is 17.1 Å². The van der Waals surface area contributed by atoms with E-state index in [2.05, 4.69) is 58.9 Å². The fourth-order valence-corrected chi connectivity index (χ4v) is 4.05. The lowest BCUT2D eigenvalue weighted by Crippen LogP contribution is -2.25. The summed E-state index contributed by atoms with van der Waals surface area (Å²) < 4.78 is 13.1. The standard InChI is InChI=1S/C21H23N3O2S/c1-15-8-9-18(12-16(15)2)24-20(17-6-4-3-5-7-17)22-23-21(24)27-13-19-10-11-25-14-26-19/h3-9,12,19H,10-11,13-14H2,1-2H3/t19-/m1/s1. The number of ether oxygens (including phenoxy) is 2. The summed E-state index contributed by atoms with van der Waals surface area (Å²) in [7, 11) is 0. The SMILES string of the molecule is Cc1ccc(-n2c(SC[C@H]3CCOCO3)nnc2-c2ccccc2)cc1C. The molecule has 0 amide bonds. The summed E-state index contributed by atoms with van der Waals surface area (Å²) in [6.07, 6.45) is 1.10. The van der Waals surface area contributed by atoms with E-state index in [0.717, 1.165) is 41.0 Å². The third kappa shape index (κ3) is 4.08. The Morgan fingerprint density at radius 3 is 2.67 bits per heavy atom. The number of aromatic nitrogens is 3. The first-order chi connectivity index (χ1) is 13.2. The van der Waals surface area contributed by atoms with Gasteiger partial charge in [-0.1, -0.05) is 48.2 Å². The number of hydrogen-bond acceptors (Lipinski definition) is 5. The van der Waals surface area contributed by atoms with Gasteiger partial charge in [-0.05, 0) is 43.5 Å². The second-order valence-corrected chi connectivity index (χ2v) is 7.68. The monoisotopic (exact) mass is 381 g/mol. The third-order valence-electron chi connectivity index (χ3n) is 4.78. The van der Waals surface area contributed by atoms with Crippen LogP contribution in [0.15, 0.2) is 53.7 Å². The zero-order valence-electron chi connectivity index (χ0n) is 15.6. The van der Waals surface area contributed by atoms with Crippen LogP contribution in [0.3, 0.4) is 0 Å². The Labute approximate surface area is 163 Å². The molecule has 0 bridgehead atoms. The van der Waals surface area contributed by atoms with Crippen LogP contribution in [0.25, 0.3) is 17.1 Å². The fraction of sp³-hybridized carbons (Fsp3) is 0.333. The lowest BCUT2D eigenvalue weighted by molar-refractivity contribution is -0.130. The zero-order valence-corrected chi connectivity index (χ0v) is 16.4. The van der Waals surface area contributed by atoms with Gasteiger partial charge in [0.15, 0.2) is 11.0 Å². The fourth-order valence-electron chi connectivity index (χ4n) is 3.04. The number of aryl methyl sites for hydroxylation is 2. The molecule has 3 aromatic rings. The van der Waals surface area contributed by atoms with Crippen molar-refractivity contribution in [1.82, 2.24) is 14.8 Å². The van der Waals surface area contributed by atoms with Gasteiger partial charge >= 0.3 is 0 Å². The molecule has 0 radical (unpaired) electrons. The lowest BCUT2D eigenvalue weighted by Gasteiger charge is -2.22. The molecule has 2 heterocycles. The van der Waals surface area contributed by atoms with Crippen molar-refractivity contribution >= 4 is 11.8 Å². The smallest absolute Gasteiger partial charge is 0.196 e. The van der Waals surface area contributed by atoms with Crippen molar-refractivity contribution in [1.29, 1.82) is 0 Å². The summed E-state index contributed by atoms with van der Waals surface area (Å²) >= 11 is 1.68. The minimum atomic E-state index is 0.189. The predicted octanol–water partition coefficient (Wildman–Crippen LogP) is 4.41. The molecule has 140 valence electrons. The van der Waals surface area contributed by atoms with Gasteiger partial charge in [-0.3, -0.25) is 4.57 Å². The van der Waals surface area contributed by atoms with E-state index in [1.165, 1.54) is 11.1 Å². The summed E-state index contributed by atoms with van der Waals surface area (Å²) in [6, 6.07) is 16.7. The van der Waals surface area contributed by atoms with Crippen LogP contribution in [0.1, 0.15) is 17.5 Å². The normalized spacial score (nSPS) is 17.2. The van der Waals surface area contributed by atoms with Gasteiger partial charge in [0.2, 0.25) is 0 Å². The molecule has 0 aliphatic carbocycles. The average molecular weight is 382 g/mol. The quantitative estimate of drug-likeness (QED) is 0.613. The van der Waals surface area contributed by atoms with E-state index >= 15 is 0 Å². The van der Waals surface area contributed by atoms with Crippen LogP contribution in [0, 0.1) is 13.8 Å². The highest BCUT2D eigenvalue weighted by molar-refractivity contribution is 7.99. The van der Waals surface area contributed by atoms with Gasteiger partial charge in [0.25, 0.3) is 0 Å². The number of benzene rings is 2. The average Bonchev–Trinajstić information content (AvgIpc) is 3.14. The molecule has 0 unspecified atom stereocenters. The van der Waals surface area contributed by atoms with Crippen LogP contribution in [-0.2, 0) is 9.47 Å². The highest BCUT2D eigenvalue weighted by Crippen LogP contribution is 2.30. The Bertz CT molecular complexity index is 905. The predicted molar refractivity (Wildman–Crippen MR) is 107 cm³/mol. The summed E-state index contributed by atoms with van der Waals surface area (Å²) in [5.74, 6) is 1.69. The molecule has 0 N–H and O–H groups in total. The van der Waals surface area contributed by atoms with Gasteiger partial charge in [-0.15, -0.1) is 10.2 Å². The van der Waals surface area contributed by atoms with Gasteiger partial charge in [0.1, 0.15) is 6.79 Å². The van der Waals surface area contributed by atoms with E-state index in [-0.39, 0.29) is 6.10 Å². The van der Waals surface area contributed by atoms with Crippen molar-refractivity contribution in [3.05, 3.63) is 59.7 Å². The van der Waals surface area contributed by atoms with E-state index in [1.54, 1.807) is 11.8 Å². The molecule has 1 aliphatic rings. The highest BCUT2D eigenvalue weighted by Gasteiger charge is 2.20. The Balaban J connectivity index is 1.70. The van der Waals surface area contributed by atoms with Crippen molar-refractivity contribution in [2.45, 2.75) is 31.5 Å². The molecule has 6 heteroatoms. The maximum absolute atomic E-state index is 5.67. The number of nitrogens with zero attached hydrogens (tertiary/aromatic N) is 3. The third-order valence-corrected chi connectivity index (χ3v) is 5.84. The van der Waals surface area contributed by atoms with Crippen molar-refractivity contribution in [2.24, 2.45) is 0 Å². The van der Waals surface area contributed by atoms with Gasteiger partial charge in [0, 0.05) is 11.3 Å². The minimum Gasteiger partial charge on any atom is -0.355 e. The molecule has 1 aromatic heterocycles. The van der Waals surface area contributed by atoms with Crippen molar-refractivity contribution in [2.75, 3.05) is 19.2 Å². The van der Waals surface area contributed by atoms with E-state index in [9.17, 15) is 0 Å². The molecule has 2 aromatic carbocycles. The largest absolute Gasteiger partial charge is 0.355 e. The Kier molecular flexibility index (Phi) is 5.57. The number of hydrogen-bond donors (Lipinski definition) is 0. The molecule has 1 fully saturated rings. The second-order valence-electron chi connectivity index (χ2n) is 6.69. The molecule has 1 atom stereocenters. The lowest BCUT2D eigenvalue weighted by atomic mass is 10.1. The molecule has 0 saturated carbocycles. The minimum absolute atomic E-state index is 0.189. The van der Waals surface area contributed by atoms with Gasteiger partial charge in [-0.25, -0.2) is 0 Å². The Hall–Kier alpha value is -2.15. The molecular weight excluding hydrogens is 358 g/mol. The second kappa shape index (κ2) is 8.25. The Morgan fingerprint density at radius 2 is 1.93 bits per heavy atom. The van der Waals surface area contributed by atoms with E-state index in [1.807, 2.05) is 18.2 Å². The number of thioether (sulfide) groups is 1. The van der Waals surface area contributed by atoms with Gasteiger partial charge in [-0.2, -0.15) is 0 Å². The Morgan fingerprint density at radius 1 is 1.07 bits per heavy atom. The molecule has 27 heavy (non-hydrogen) atoms. The van der Waals surface area contributed by atoms with E-state index < -0.39 is 0 Å². The first-order valence-corrected chi connectivity index (χ1v) is 10.1.